The third kappa shape index (κ3) is 2.60. The zero-order valence-corrected chi connectivity index (χ0v) is 9.42. The van der Waals surface area contributed by atoms with Gasteiger partial charge in [0, 0.05) is 17.8 Å². The summed E-state index contributed by atoms with van der Waals surface area (Å²) in [5.41, 5.74) is 12.6. The highest BCUT2D eigenvalue weighted by Crippen LogP contribution is 2.22. The number of hydrogen-bond donors (Lipinski definition) is 2. The van der Waals surface area contributed by atoms with Gasteiger partial charge in [0.25, 0.3) is 0 Å². The van der Waals surface area contributed by atoms with E-state index in [0.717, 1.165) is 5.56 Å². The van der Waals surface area contributed by atoms with Crippen molar-refractivity contribution in [1.29, 1.82) is 0 Å². The molecule has 0 saturated carbocycles. The maximum Gasteiger partial charge on any atom is 0.222 e. The van der Waals surface area contributed by atoms with Crippen LogP contribution in [0.15, 0.2) is 24.5 Å². The maximum atomic E-state index is 5.61. The second-order valence-corrected chi connectivity index (χ2v) is 3.38. The number of ether oxygens (including phenoxy) is 1. The number of nitrogens with two attached hydrogens (primary N) is 2. The molecule has 88 valence electrons. The molecule has 6 heteroatoms. The molecule has 0 aromatic carbocycles. The van der Waals surface area contributed by atoms with Gasteiger partial charge in [0.15, 0.2) is 0 Å². The second kappa shape index (κ2) is 4.65. The molecule has 2 rings (SSSR count). The first-order chi connectivity index (χ1) is 8.19. The average molecular weight is 231 g/mol. The maximum absolute atomic E-state index is 5.61. The largest absolute Gasteiger partial charge is 0.492 e. The van der Waals surface area contributed by atoms with Gasteiger partial charge in [0.1, 0.15) is 11.6 Å². The molecule has 0 spiro atoms. The molecule has 2 aromatic heterocycles. The molecule has 0 fully saturated rings. The Hall–Kier alpha value is -2.37. The van der Waals surface area contributed by atoms with Crippen LogP contribution in [0.4, 0.5) is 11.8 Å². The normalized spacial score (nSPS) is 10.2. The van der Waals surface area contributed by atoms with E-state index in [1.807, 2.05) is 13.0 Å². The Morgan fingerprint density at radius 2 is 2.00 bits per heavy atom. The first-order valence-corrected chi connectivity index (χ1v) is 5.17. The molecule has 0 aliphatic rings. The summed E-state index contributed by atoms with van der Waals surface area (Å²) >= 11 is 0. The van der Waals surface area contributed by atoms with Crippen LogP contribution in [-0.2, 0) is 0 Å². The Morgan fingerprint density at radius 3 is 2.71 bits per heavy atom. The highest BCUT2D eigenvalue weighted by Gasteiger charge is 2.05. The molecule has 0 amide bonds. The minimum absolute atomic E-state index is 0.141. The van der Waals surface area contributed by atoms with E-state index in [4.69, 9.17) is 16.2 Å². The summed E-state index contributed by atoms with van der Waals surface area (Å²) in [5.74, 6) is 1.15. The molecule has 0 saturated heterocycles. The molecular weight excluding hydrogens is 218 g/mol. The minimum atomic E-state index is 0.141. The fourth-order valence-corrected chi connectivity index (χ4v) is 1.44. The molecule has 17 heavy (non-hydrogen) atoms. The molecule has 6 nitrogen and oxygen atoms in total. The quantitative estimate of drug-likeness (QED) is 0.820. The number of nitrogen functional groups attached to an aromatic ring is 2. The van der Waals surface area contributed by atoms with Crippen LogP contribution in [-0.4, -0.2) is 21.6 Å². The van der Waals surface area contributed by atoms with Gasteiger partial charge in [0.2, 0.25) is 5.95 Å². The van der Waals surface area contributed by atoms with Crippen LogP contribution >= 0.6 is 0 Å². The van der Waals surface area contributed by atoms with Crippen molar-refractivity contribution < 1.29 is 4.74 Å². The van der Waals surface area contributed by atoms with Crippen molar-refractivity contribution in [2.24, 2.45) is 0 Å². The van der Waals surface area contributed by atoms with Crippen LogP contribution in [0.2, 0.25) is 0 Å². The summed E-state index contributed by atoms with van der Waals surface area (Å²) in [6.45, 7) is 2.49. The van der Waals surface area contributed by atoms with E-state index in [0.29, 0.717) is 23.9 Å². The number of pyridine rings is 1. The minimum Gasteiger partial charge on any atom is -0.492 e. The summed E-state index contributed by atoms with van der Waals surface area (Å²) in [6.07, 6.45) is 3.31. The van der Waals surface area contributed by atoms with Gasteiger partial charge in [-0.15, -0.1) is 0 Å². The monoisotopic (exact) mass is 231 g/mol. The molecule has 4 N–H and O–H groups in total. The van der Waals surface area contributed by atoms with E-state index in [1.165, 1.54) is 0 Å². The molecule has 0 bridgehead atoms. The van der Waals surface area contributed by atoms with E-state index >= 15 is 0 Å². The zero-order chi connectivity index (χ0) is 12.3. The lowest BCUT2D eigenvalue weighted by Crippen LogP contribution is -2.01. The number of rotatable bonds is 3. The summed E-state index contributed by atoms with van der Waals surface area (Å²) in [7, 11) is 0. The molecular formula is C11H13N5O. The highest BCUT2D eigenvalue weighted by molar-refractivity contribution is 5.63. The van der Waals surface area contributed by atoms with Crippen LogP contribution in [0, 0.1) is 0 Å². The lowest BCUT2D eigenvalue weighted by molar-refractivity contribution is 0.339. The Balaban J connectivity index is 2.41. The van der Waals surface area contributed by atoms with Gasteiger partial charge in [0.05, 0.1) is 18.5 Å². The lowest BCUT2D eigenvalue weighted by atomic mass is 10.2. The van der Waals surface area contributed by atoms with Crippen LogP contribution in [0.1, 0.15) is 6.92 Å². The van der Waals surface area contributed by atoms with Gasteiger partial charge in [-0.3, -0.25) is 4.98 Å². The first kappa shape index (κ1) is 11.1. The fourth-order valence-electron chi connectivity index (χ4n) is 1.44. The Labute approximate surface area is 98.7 Å². The van der Waals surface area contributed by atoms with Crippen molar-refractivity contribution in [3.05, 3.63) is 24.5 Å². The summed E-state index contributed by atoms with van der Waals surface area (Å²) < 4.78 is 5.36. The SMILES string of the molecule is CCOc1cncc(-c2cc(N)nc(N)n2)c1. The van der Waals surface area contributed by atoms with Gasteiger partial charge in [-0.2, -0.15) is 4.98 Å². The standard InChI is InChI=1S/C11H13N5O/c1-2-17-8-3-7(5-14-6-8)9-4-10(12)16-11(13)15-9/h3-6H,2H2,1H3,(H4,12,13,15,16). The van der Waals surface area contributed by atoms with Crippen molar-refractivity contribution in [1.82, 2.24) is 15.0 Å². The average Bonchev–Trinajstić information content (AvgIpc) is 2.28. The van der Waals surface area contributed by atoms with Gasteiger partial charge in [-0.25, -0.2) is 4.98 Å². The van der Waals surface area contributed by atoms with E-state index in [1.54, 1.807) is 18.5 Å². The number of hydrogen-bond acceptors (Lipinski definition) is 6. The van der Waals surface area contributed by atoms with Crippen molar-refractivity contribution in [2.75, 3.05) is 18.1 Å². The van der Waals surface area contributed by atoms with E-state index in [9.17, 15) is 0 Å². The molecule has 0 aliphatic carbocycles. The Kier molecular flexibility index (Phi) is 3.04. The predicted molar refractivity (Wildman–Crippen MR) is 65.3 cm³/mol. The lowest BCUT2D eigenvalue weighted by Gasteiger charge is -2.06. The highest BCUT2D eigenvalue weighted by atomic mass is 16.5. The summed E-state index contributed by atoms with van der Waals surface area (Å²) in [5, 5.41) is 0. The Morgan fingerprint density at radius 1 is 1.18 bits per heavy atom. The fraction of sp³-hybridized carbons (Fsp3) is 0.182. The molecule has 2 aromatic rings. The van der Waals surface area contributed by atoms with Crippen LogP contribution < -0.4 is 16.2 Å². The molecule has 0 aliphatic heterocycles. The summed E-state index contributed by atoms with van der Waals surface area (Å²) in [4.78, 5) is 12.0. The van der Waals surface area contributed by atoms with E-state index in [-0.39, 0.29) is 5.95 Å². The molecule has 0 radical (unpaired) electrons. The number of aromatic nitrogens is 3. The van der Waals surface area contributed by atoms with Gasteiger partial charge in [-0.05, 0) is 13.0 Å². The van der Waals surface area contributed by atoms with Gasteiger partial charge in [-0.1, -0.05) is 0 Å². The van der Waals surface area contributed by atoms with Crippen LogP contribution in [0.3, 0.4) is 0 Å². The van der Waals surface area contributed by atoms with Crippen molar-refractivity contribution >= 4 is 11.8 Å². The third-order valence-corrected chi connectivity index (χ3v) is 2.08. The summed E-state index contributed by atoms with van der Waals surface area (Å²) in [6, 6.07) is 3.47. The van der Waals surface area contributed by atoms with Crippen molar-refractivity contribution in [3.8, 4) is 17.0 Å². The third-order valence-electron chi connectivity index (χ3n) is 2.08. The van der Waals surface area contributed by atoms with E-state index in [2.05, 4.69) is 15.0 Å². The van der Waals surface area contributed by atoms with E-state index < -0.39 is 0 Å². The number of nitrogens with zero attached hydrogens (tertiary/aromatic N) is 3. The van der Waals surface area contributed by atoms with Gasteiger partial charge < -0.3 is 16.2 Å². The Bertz CT molecular complexity index is 509. The van der Waals surface area contributed by atoms with Crippen molar-refractivity contribution in [2.45, 2.75) is 6.92 Å². The predicted octanol–water partition coefficient (Wildman–Crippen LogP) is 1.10. The zero-order valence-electron chi connectivity index (χ0n) is 9.42. The number of anilines is 2. The molecule has 0 atom stereocenters. The second-order valence-electron chi connectivity index (χ2n) is 3.38. The topological polar surface area (TPSA) is 99.9 Å². The molecule has 2 heterocycles. The van der Waals surface area contributed by atoms with Crippen LogP contribution in [0.25, 0.3) is 11.3 Å². The van der Waals surface area contributed by atoms with Gasteiger partial charge >= 0.3 is 0 Å². The smallest absolute Gasteiger partial charge is 0.222 e. The molecule has 0 unspecified atom stereocenters. The van der Waals surface area contributed by atoms with Crippen molar-refractivity contribution in [3.63, 3.8) is 0 Å². The first-order valence-electron chi connectivity index (χ1n) is 5.17. The van der Waals surface area contributed by atoms with Crippen LogP contribution in [0.5, 0.6) is 5.75 Å².